The topological polar surface area (TPSA) is 64.1 Å². The van der Waals surface area contributed by atoms with Gasteiger partial charge in [-0.2, -0.15) is 0 Å². The third-order valence-corrected chi connectivity index (χ3v) is 3.72. The first-order chi connectivity index (χ1) is 9.22. The lowest BCUT2D eigenvalue weighted by Crippen LogP contribution is -2.08. The first kappa shape index (κ1) is 12.1. The lowest BCUT2D eigenvalue weighted by molar-refractivity contribution is 0.477. The van der Waals surface area contributed by atoms with Crippen LogP contribution in [0.1, 0.15) is 29.9 Å². The summed E-state index contributed by atoms with van der Waals surface area (Å²) in [5, 5.41) is 9.59. The highest BCUT2D eigenvalue weighted by atomic mass is 16.3. The van der Waals surface area contributed by atoms with Gasteiger partial charge in [-0.1, -0.05) is 6.07 Å². The van der Waals surface area contributed by atoms with Crippen LogP contribution in [-0.4, -0.2) is 14.7 Å². The quantitative estimate of drug-likeness (QED) is 0.655. The van der Waals surface area contributed by atoms with Gasteiger partial charge in [-0.15, -0.1) is 0 Å². The second-order valence-corrected chi connectivity index (χ2v) is 5.19. The maximum Gasteiger partial charge on any atom is 0.138 e. The van der Waals surface area contributed by atoms with Crippen LogP contribution in [0, 0.1) is 0 Å². The zero-order valence-electron chi connectivity index (χ0n) is 11.0. The van der Waals surface area contributed by atoms with Gasteiger partial charge < -0.3 is 15.4 Å². The smallest absolute Gasteiger partial charge is 0.138 e. The Balaban J connectivity index is 1.68. The van der Waals surface area contributed by atoms with Crippen LogP contribution in [0.2, 0.25) is 0 Å². The van der Waals surface area contributed by atoms with Gasteiger partial charge in [0.05, 0.1) is 11.4 Å². The van der Waals surface area contributed by atoms with Gasteiger partial charge in [-0.3, -0.25) is 0 Å². The second-order valence-electron chi connectivity index (χ2n) is 5.19. The summed E-state index contributed by atoms with van der Waals surface area (Å²) < 4.78 is 2.28. The highest BCUT2D eigenvalue weighted by Crippen LogP contribution is 2.22. The molecular weight excluding hydrogens is 238 g/mol. The summed E-state index contributed by atoms with van der Waals surface area (Å²) in [7, 11) is 0. The molecule has 4 heteroatoms. The molecule has 100 valence electrons. The predicted molar refractivity (Wildman–Crippen MR) is 75.1 cm³/mol. The number of aryl methyl sites for hydroxylation is 4. The summed E-state index contributed by atoms with van der Waals surface area (Å²) in [4.78, 5) is 4.68. The first-order valence-electron chi connectivity index (χ1n) is 6.84. The molecule has 1 aliphatic heterocycles. The van der Waals surface area contributed by atoms with E-state index in [-0.39, 0.29) is 5.75 Å². The standard InChI is InChI=1S/C15H19N3O/c16-13-7-5-11(9-14(13)19)4-6-12-10-18-8-2-1-3-15(18)17-12/h5,7,9-10,19H,1-4,6,8,16H2. The Hall–Kier alpha value is -1.97. The van der Waals surface area contributed by atoms with Gasteiger partial charge in [-0.25, -0.2) is 4.98 Å². The Bertz CT molecular complexity index is 566. The zero-order valence-corrected chi connectivity index (χ0v) is 11.0. The number of phenols is 1. The van der Waals surface area contributed by atoms with Crippen LogP contribution in [0.3, 0.4) is 0 Å². The van der Waals surface area contributed by atoms with Crippen LogP contribution in [0.4, 0.5) is 5.69 Å². The summed E-state index contributed by atoms with van der Waals surface area (Å²) in [5.74, 6) is 1.39. The highest BCUT2D eigenvalue weighted by molar-refractivity contribution is 5.52. The van der Waals surface area contributed by atoms with Crippen molar-refractivity contribution in [3.8, 4) is 5.75 Å². The zero-order chi connectivity index (χ0) is 13.2. The number of imidazole rings is 1. The molecule has 1 aromatic heterocycles. The molecule has 0 aliphatic carbocycles. The SMILES string of the molecule is Nc1ccc(CCc2cn3c(n2)CCCC3)cc1O. The van der Waals surface area contributed by atoms with Crippen LogP contribution >= 0.6 is 0 Å². The van der Waals surface area contributed by atoms with Crippen molar-refractivity contribution >= 4 is 5.69 Å². The fraction of sp³-hybridized carbons (Fsp3) is 0.400. The summed E-state index contributed by atoms with van der Waals surface area (Å²) in [6.07, 6.45) is 7.57. The van der Waals surface area contributed by atoms with Crippen molar-refractivity contribution < 1.29 is 5.11 Å². The number of phenolic OH excluding ortho intramolecular Hbond substituents is 1. The van der Waals surface area contributed by atoms with Crippen molar-refractivity contribution in [3.63, 3.8) is 0 Å². The number of fused-ring (bicyclic) bond motifs is 1. The van der Waals surface area contributed by atoms with Crippen molar-refractivity contribution in [2.75, 3.05) is 5.73 Å². The van der Waals surface area contributed by atoms with E-state index in [0.717, 1.165) is 37.1 Å². The Morgan fingerprint density at radius 2 is 2.16 bits per heavy atom. The molecule has 3 rings (SSSR count). The van der Waals surface area contributed by atoms with Crippen molar-refractivity contribution in [3.05, 3.63) is 41.5 Å². The molecule has 1 aromatic carbocycles. The largest absolute Gasteiger partial charge is 0.506 e. The molecule has 2 heterocycles. The van der Waals surface area contributed by atoms with E-state index < -0.39 is 0 Å². The Morgan fingerprint density at radius 3 is 2.95 bits per heavy atom. The Labute approximate surface area is 112 Å². The van der Waals surface area contributed by atoms with Crippen molar-refractivity contribution in [1.82, 2.24) is 9.55 Å². The molecule has 0 saturated heterocycles. The van der Waals surface area contributed by atoms with Crippen LogP contribution in [0.5, 0.6) is 5.75 Å². The molecule has 0 saturated carbocycles. The lowest BCUT2D eigenvalue weighted by atomic mass is 10.1. The number of benzene rings is 1. The molecule has 2 aromatic rings. The van der Waals surface area contributed by atoms with Crippen molar-refractivity contribution in [2.45, 2.75) is 38.6 Å². The van der Waals surface area contributed by atoms with Gasteiger partial charge in [0, 0.05) is 19.2 Å². The van der Waals surface area contributed by atoms with E-state index >= 15 is 0 Å². The van der Waals surface area contributed by atoms with Crippen molar-refractivity contribution in [1.29, 1.82) is 0 Å². The minimum absolute atomic E-state index is 0.168. The maximum atomic E-state index is 9.59. The molecule has 19 heavy (non-hydrogen) atoms. The Morgan fingerprint density at radius 1 is 1.26 bits per heavy atom. The van der Waals surface area contributed by atoms with E-state index in [1.807, 2.05) is 6.07 Å². The second kappa shape index (κ2) is 4.96. The number of nitrogens with zero attached hydrogens (tertiary/aromatic N) is 2. The fourth-order valence-electron chi connectivity index (χ4n) is 2.61. The van der Waals surface area contributed by atoms with E-state index in [0.29, 0.717) is 5.69 Å². The average molecular weight is 257 g/mol. The van der Waals surface area contributed by atoms with Gasteiger partial charge in [0.1, 0.15) is 11.6 Å². The molecule has 0 unspecified atom stereocenters. The molecule has 0 fully saturated rings. The van der Waals surface area contributed by atoms with Gasteiger partial charge in [0.2, 0.25) is 0 Å². The van der Waals surface area contributed by atoms with Gasteiger partial charge in [0.25, 0.3) is 0 Å². The summed E-state index contributed by atoms with van der Waals surface area (Å²) in [6.45, 7) is 1.10. The predicted octanol–water partition coefficient (Wildman–Crippen LogP) is 2.29. The van der Waals surface area contributed by atoms with Crippen LogP contribution in [-0.2, 0) is 25.8 Å². The molecular formula is C15H19N3O. The summed E-state index contributed by atoms with van der Waals surface area (Å²) in [5.41, 5.74) is 8.27. The minimum atomic E-state index is 0.168. The molecule has 0 radical (unpaired) electrons. The third kappa shape index (κ3) is 2.57. The van der Waals surface area contributed by atoms with E-state index in [4.69, 9.17) is 5.73 Å². The van der Waals surface area contributed by atoms with Gasteiger partial charge >= 0.3 is 0 Å². The van der Waals surface area contributed by atoms with E-state index in [1.54, 1.807) is 12.1 Å². The molecule has 0 spiro atoms. The number of aromatic nitrogens is 2. The van der Waals surface area contributed by atoms with Gasteiger partial charge in [0.15, 0.2) is 0 Å². The Kier molecular flexibility index (Phi) is 3.15. The normalized spacial score (nSPS) is 14.3. The average Bonchev–Trinajstić information content (AvgIpc) is 2.83. The number of nitrogens with two attached hydrogens (primary N) is 1. The van der Waals surface area contributed by atoms with Crippen LogP contribution < -0.4 is 5.73 Å². The van der Waals surface area contributed by atoms with E-state index in [2.05, 4.69) is 15.7 Å². The maximum absolute atomic E-state index is 9.59. The number of aromatic hydroxyl groups is 1. The minimum Gasteiger partial charge on any atom is -0.506 e. The fourth-order valence-corrected chi connectivity index (χ4v) is 2.61. The number of rotatable bonds is 3. The number of nitrogen functional groups attached to an aromatic ring is 1. The van der Waals surface area contributed by atoms with Crippen LogP contribution in [0.15, 0.2) is 24.4 Å². The summed E-state index contributed by atoms with van der Waals surface area (Å²) >= 11 is 0. The highest BCUT2D eigenvalue weighted by Gasteiger charge is 2.12. The monoisotopic (exact) mass is 257 g/mol. The van der Waals surface area contributed by atoms with Crippen molar-refractivity contribution in [2.24, 2.45) is 0 Å². The van der Waals surface area contributed by atoms with E-state index in [9.17, 15) is 5.11 Å². The van der Waals surface area contributed by atoms with Crippen LogP contribution in [0.25, 0.3) is 0 Å². The molecule has 3 N–H and O–H groups in total. The number of anilines is 1. The molecule has 0 atom stereocenters. The van der Waals surface area contributed by atoms with Gasteiger partial charge in [-0.05, 0) is 43.4 Å². The third-order valence-electron chi connectivity index (χ3n) is 3.72. The summed E-state index contributed by atoms with van der Waals surface area (Å²) in [6, 6.07) is 5.46. The number of hydrogen-bond acceptors (Lipinski definition) is 3. The molecule has 1 aliphatic rings. The first-order valence-corrected chi connectivity index (χ1v) is 6.84. The molecule has 0 amide bonds. The number of hydrogen-bond donors (Lipinski definition) is 2. The molecule has 0 bridgehead atoms. The lowest BCUT2D eigenvalue weighted by Gasteiger charge is -2.11. The van der Waals surface area contributed by atoms with E-state index in [1.165, 1.54) is 18.7 Å². The molecule has 4 nitrogen and oxygen atoms in total.